The molecule has 1 atom stereocenters. The van der Waals surface area contributed by atoms with E-state index in [1.807, 2.05) is 67.6 Å². The van der Waals surface area contributed by atoms with Crippen LogP contribution in [0.5, 0.6) is 5.75 Å². The average molecular weight is 475 g/mol. The van der Waals surface area contributed by atoms with Crippen molar-refractivity contribution in [2.75, 3.05) is 13.2 Å². The first-order valence-electron chi connectivity index (χ1n) is 11.5. The fourth-order valence-electron chi connectivity index (χ4n) is 3.49. The SMILES string of the molecule is CCOc1ccc(C(=O)NCC(=O)OC(C)C(=O)N(Cc2ccccc2)Cc2ccccc2)cc1. The van der Waals surface area contributed by atoms with Crippen LogP contribution in [0.25, 0.3) is 0 Å². The minimum absolute atomic E-state index is 0.316. The first kappa shape index (κ1) is 25.5. The molecule has 0 spiro atoms. The molecule has 0 radical (unpaired) electrons. The van der Waals surface area contributed by atoms with Gasteiger partial charge in [0, 0.05) is 18.7 Å². The smallest absolute Gasteiger partial charge is 0.326 e. The molecule has 182 valence electrons. The largest absolute Gasteiger partial charge is 0.494 e. The van der Waals surface area contributed by atoms with E-state index in [9.17, 15) is 14.4 Å². The van der Waals surface area contributed by atoms with Crippen LogP contribution in [0.15, 0.2) is 84.9 Å². The molecule has 0 bridgehead atoms. The molecule has 1 N–H and O–H groups in total. The normalized spacial score (nSPS) is 11.3. The summed E-state index contributed by atoms with van der Waals surface area (Å²) in [6.07, 6.45) is -1.00. The van der Waals surface area contributed by atoms with Gasteiger partial charge in [-0.1, -0.05) is 60.7 Å². The molecular weight excluding hydrogens is 444 g/mol. The van der Waals surface area contributed by atoms with Gasteiger partial charge in [0.25, 0.3) is 11.8 Å². The highest BCUT2D eigenvalue weighted by atomic mass is 16.5. The monoisotopic (exact) mass is 474 g/mol. The molecule has 0 saturated heterocycles. The molecule has 0 aliphatic carbocycles. The Balaban J connectivity index is 1.56. The second-order valence-electron chi connectivity index (χ2n) is 7.94. The van der Waals surface area contributed by atoms with Gasteiger partial charge in [-0.15, -0.1) is 0 Å². The zero-order chi connectivity index (χ0) is 25.0. The van der Waals surface area contributed by atoms with Crippen LogP contribution in [0.1, 0.15) is 35.3 Å². The van der Waals surface area contributed by atoms with Crippen molar-refractivity contribution in [3.63, 3.8) is 0 Å². The summed E-state index contributed by atoms with van der Waals surface area (Å²) in [5, 5.41) is 2.52. The van der Waals surface area contributed by atoms with Crippen LogP contribution in [-0.4, -0.2) is 41.9 Å². The van der Waals surface area contributed by atoms with Crippen molar-refractivity contribution >= 4 is 17.8 Å². The number of ether oxygens (including phenoxy) is 2. The van der Waals surface area contributed by atoms with E-state index in [1.165, 1.54) is 6.92 Å². The first-order chi connectivity index (χ1) is 17.0. The summed E-state index contributed by atoms with van der Waals surface area (Å²) in [7, 11) is 0. The number of nitrogens with zero attached hydrogens (tertiary/aromatic N) is 1. The van der Waals surface area contributed by atoms with E-state index in [2.05, 4.69) is 5.32 Å². The zero-order valence-corrected chi connectivity index (χ0v) is 20.0. The molecule has 0 heterocycles. The Labute approximate surface area is 205 Å². The van der Waals surface area contributed by atoms with Crippen LogP contribution in [0.3, 0.4) is 0 Å². The van der Waals surface area contributed by atoms with Gasteiger partial charge in [0.15, 0.2) is 6.10 Å². The standard InChI is InChI=1S/C28H30N2O5/c1-3-34-25-16-14-24(15-17-25)27(32)29-18-26(31)35-21(2)28(33)30(19-22-10-6-4-7-11-22)20-23-12-8-5-9-13-23/h4-17,21H,3,18-20H2,1-2H3,(H,29,32). The summed E-state index contributed by atoms with van der Waals surface area (Å²) < 4.78 is 10.7. The molecule has 35 heavy (non-hydrogen) atoms. The third-order valence-electron chi connectivity index (χ3n) is 5.22. The summed E-state index contributed by atoms with van der Waals surface area (Å²) in [4.78, 5) is 39.5. The van der Waals surface area contributed by atoms with Crippen molar-refractivity contribution in [2.45, 2.75) is 33.0 Å². The summed E-state index contributed by atoms with van der Waals surface area (Å²) in [6.45, 7) is 4.36. The van der Waals surface area contributed by atoms with Crippen molar-refractivity contribution in [3.05, 3.63) is 102 Å². The summed E-state index contributed by atoms with van der Waals surface area (Å²) in [6, 6.07) is 25.9. The van der Waals surface area contributed by atoms with Gasteiger partial charge in [0.1, 0.15) is 12.3 Å². The number of amides is 2. The zero-order valence-electron chi connectivity index (χ0n) is 20.0. The van der Waals surface area contributed by atoms with E-state index in [0.29, 0.717) is 31.0 Å². The second kappa shape index (κ2) is 12.9. The van der Waals surface area contributed by atoms with Crippen molar-refractivity contribution in [1.29, 1.82) is 0 Å². The third-order valence-corrected chi connectivity index (χ3v) is 5.22. The predicted octanol–water partition coefficient (Wildman–Crippen LogP) is 3.98. The topological polar surface area (TPSA) is 84.9 Å². The molecule has 0 aliphatic rings. The van der Waals surface area contributed by atoms with Crippen molar-refractivity contribution < 1.29 is 23.9 Å². The average Bonchev–Trinajstić information content (AvgIpc) is 2.88. The molecule has 3 aromatic rings. The van der Waals surface area contributed by atoms with Crippen LogP contribution >= 0.6 is 0 Å². The van der Waals surface area contributed by atoms with E-state index < -0.39 is 18.0 Å². The lowest BCUT2D eigenvalue weighted by Crippen LogP contribution is -2.41. The Hall–Kier alpha value is -4.13. The molecule has 0 saturated carbocycles. The molecule has 3 aromatic carbocycles. The number of carbonyl (C=O) groups is 3. The van der Waals surface area contributed by atoms with Crippen LogP contribution < -0.4 is 10.1 Å². The van der Waals surface area contributed by atoms with Crippen molar-refractivity contribution in [1.82, 2.24) is 10.2 Å². The second-order valence-corrected chi connectivity index (χ2v) is 7.94. The molecular formula is C28H30N2O5. The maximum atomic E-state index is 13.2. The number of rotatable bonds is 11. The molecule has 0 aromatic heterocycles. The predicted molar refractivity (Wildman–Crippen MR) is 133 cm³/mol. The summed E-state index contributed by atoms with van der Waals surface area (Å²) in [5.74, 6) is -0.765. The van der Waals surface area contributed by atoms with Gasteiger partial charge in [-0.2, -0.15) is 0 Å². The Morgan fingerprint density at radius 2 is 1.37 bits per heavy atom. The number of esters is 1. The fourth-order valence-corrected chi connectivity index (χ4v) is 3.49. The molecule has 0 aliphatic heterocycles. The van der Waals surface area contributed by atoms with Gasteiger partial charge >= 0.3 is 5.97 Å². The molecule has 7 heteroatoms. The first-order valence-corrected chi connectivity index (χ1v) is 11.5. The van der Waals surface area contributed by atoms with Gasteiger partial charge in [0.2, 0.25) is 0 Å². The Bertz CT molecular complexity index is 1060. The lowest BCUT2D eigenvalue weighted by Gasteiger charge is -2.26. The molecule has 0 fully saturated rings. The van der Waals surface area contributed by atoms with Crippen LogP contribution in [0.2, 0.25) is 0 Å². The number of carbonyl (C=O) groups excluding carboxylic acids is 3. The van der Waals surface area contributed by atoms with E-state index in [4.69, 9.17) is 9.47 Å². The third kappa shape index (κ3) is 7.99. The fraction of sp³-hybridized carbons (Fsp3) is 0.250. The lowest BCUT2D eigenvalue weighted by molar-refractivity contribution is -0.158. The minimum Gasteiger partial charge on any atom is -0.494 e. The Morgan fingerprint density at radius 1 is 0.829 bits per heavy atom. The van der Waals surface area contributed by atoms with Crippen molar-refractivity contribution in [3.8, 4) is 5.75 Å². The maximum Gasteiger partial charge on any atom is 0.326 e. The Kier molecular flexibility index (Phi) is 9.42. The summed E-state index contributed by atoms with van der Waals surface area (Å²) in [5.41, 5.74) is 2.33. The van der Waals surface area contributed by atoms with Gasteiger partial charge in [-0.3, -0.25) is 14.4 Å². The quantitative estimate of drug-likeness (QED) is 0.425. The number of benzene rings is 3. The minimum atomic E-state index is -1.00. The molecule has 2 amide bonds. The number of hydrogen-bond donors (Lipinski definition) is 1. The highest BCUT2D eigenvalue weighted by Gasteiger charge is 2.24. The molecule has 7 nitrogen and oxygen atoms in total. The molecule has 1 unspecified atom stereocenters. The number of hydrogen-bond acceptors (Lipinski definition) is 5. The van der Waals surface area contributed by atoms with Gasteiger partial charge in [-0.25, -0.2) is 0 Å². The van der Waals surface area contributed by atoms with E-state index in [1.54, 1.807) is 29.2 Å². The van der Waals surface area contributed by atoms with Gasteiger partial charge < -0.3 is 19.7 Å². The van der Waals surface area contributed by atoms with Crippen molar-refractivity contribution in [2.24, 2.45) is 0 Å². The van der Waals surface area contributed by atoms with Gasteiger partial charge in [-0.05, 0) is 49.2 Å². The van der Waals surface area contributed by atoms with E-state index >= 15 is 0 Å². The van der Waals surface area contributed by atoms with Crippen LogP contribution in [0, 0.1) is 0 Å². The number of nitrogens with one attached hydrogen (secondary N) is 1. The highest BCUT2D eigenvalue weighted by Crippen LogP contribution is 2.14. The van der Waals surface area contributed by atoms with Gasteiger partial charge in [0.05, 0.1) is 6.61 Å². The van der Waals surface area contributed by atoms with E-state index in [0.717, 1.165) is 11.1 Å². The van der Waals surface area contributed by atoms with E-state index in [-0.39, 0.29) is 12.5 Å². The Morgan fingerprint density at radius 3 is 1.89 bits per heavy atom. The lowest BCUT2D eigenvalue weighted by atomic mass is 10.1. The molecule has 3 rings (SSSR count). The maximum absolute atomic E-state index is 13.2. The highest BCUT2D eigenvalue weighted by molar-refractivity contribution is 5.96. The van der Waals surface area contributed by atoms with Crippen LogP contribution in [0.4, 0.5) is 0 Å². The van der Waals surface area contributed by atoms with Crippen LogP contribution in [-0.2, 0) is 27.4 Å². The summed E-state index contributed by atoms with van der Waals surface area (Å²) >= 11 is 0.